The van der Waals surface area contributed by atoms with Crippen molar-refractivity contribution in [3.63, 3.8) is 0 Å². The van der Waals surface area contributed by atoms with Crippen LogP contribution in [0.2, 0.25) is 0 Å². The zero-order valence-corrected chi connectivity index (χ0v) is 12.9. The molecule has 0 aliphatic heterocycles. The molecule has 0 amide bonds. The maximum Gasteiger partial charge on any atom is 0.0434 e. The summed E-state index contributed by atoms with van der Waals surface area (Å²) in [6, 6.07) is 0.698. The van der Waals surface area contributed by atoms with Crippen LogP contribution in [0.3, 0.4) is 0 Å². The van der Waals surface area contributed by atoms with Crippen LogP contribution in [0.25, 0.3) is 0 Å². The number of nitrogens with one attached hydrogen (secondary N) is 1. The van der Waals surface area contributed by atoms with Crippen LogP contribution in [-0.2, 0) is 0 Å². The molecule has 2 heteroatoms. The fourth-order valence-electron chi connectivity index (χ4n) is 2.32. The number of rotatable bonds is 13. The fourth-order valence-corrected chi connectivity index (χ4v) is 2.32. The molecule has 18 heavy (non-hydrogen) atoms. The maximum absolute atomic E-state index is 8.92. The van der Waals surface area contributed by atoms with Gasteiger partial charge in [0.2, 0.25) is 0 Å². The number of aliphatic hydroxyl groups excluding tert-OH is 1. The van der Waals surface area contributed by atoms with Gasteiger partial charge in [0.1, 0.15) is 0 Å². The van der Waals surface area contributed by atoms with Gasteiger partial charge in [-0.2, -0.15) is 0 Å². The minimum Gasteiger partial charge on any atom is -0.396 e. The zero-order chi connectivity index (χ0) is 13.6. The van der Waals surface area contributed by atoms with E-state index in [1.807, 2.05) is 0 Å². The average molecular weight is 257 g/mol. The Morgan fingerprint density at radius 2 is 1.44 bits per heavy atom. The molecule has 110 valence electrons. The van der Waals surface area contributed by atoms with Crippen LogP contribution in [0, 0.1) is 5.92 Å². The van der Waals surface area contributed by atoms with E-state index >= 15 is 0 Å². The second kappa shape index (κ2) is 13.4. The summed E-state index contributed by atoms with van der Waals surface area (Å²) in [6.45, 7) is 8.13. The van der Waals surface area contributed by atoms with Crippen molar-refractivity contribution in [3.05, 3.63) is 0 Å². The third-order valence-electron chi connectivity index (χ3n) is 3.69. The quantitative estimate of drug-likeness (QED) is 0.486. The zero-order valence-electron chi connectivity index (χ0n) is 12.9. The molecular formula is C16H35NO. The highest BCUT2D eigenvalue weighted by molar-refractivity contribution is 4.69. The Kier molecular flexibility index (Phi) is 13.3. The van der Waals surface area contributed by atoms with Gasteiger partial charge in [-0.25, -0.2) is 0 Å². The molecule has 2 N–H and O–H groups in total. The standard InChI is InChI=1S/C16H35NO/c1-4-6-8-10-16(11-9-7-5-2)17-14-15(3)12-13-18/h15-18H,4-14H2,1-3H3. The van der Waals surface area contributed by atoms with Crippen molar-refractivity contribution in [1.29, 1.82) is 0 Å². The Bertz CT molecular complexity index is 151. The number of unbranched alkanes of at least 4 members (excludes halogenated alkanes) is 4. The van der Waals surface area contributed by atoms with Gasteiger partial charge in [0.05, 0.1) is 0 Å². The first-order chi connectivity index (χ1) is 8.74. The lowest BCUT2D eigenvalue weighted by Crippen LogP contribution is -2.33. The molecule has 0 saturated carbocycles. The van der Waals surface area contributed by atoms with Gasteiger partial charge < -0.3 is 10.4 Å². The molecule has 1 atom stereocenters. The van der Waals surface area contributed by atoms with Crippen molar-refractivity contribution < 1.29 is 5.11 Å². The molecule has 0 spiro atoms. The first-order valence-electron chi connectivity index (χ1n) is 8.08. The topological polar surface area (TPSA) is 32.3 Å². The molecule has 0 fully saturated rings. The van der Waals surface area contributed by atoms with Crippen molar-refractivity contribution in [2.45, 2.75) is 84.6 Å². The van der Waals surface area contributed by atoms with E-state index in [-0.39, 0.29) is 0 Å². The largest absolute Gasteiger partial charge is 0.396 e. The van der Waals surface area contributed by atoms with E-state index in [2.05, 4.69) is 26.1 Å². The lowest BCUT2D eigenvalue weighted by Gasteiger charge is -2.21. The Balaban J connectivity index is 3.79. The van der Waals surface area contributed by atoms with Gasteiger partial charge in [-0.05, 0) is 31.7 Å². The van der Waals surface area contributed by atoms with Crippen LogP contribution < -0.4 is 5.32 Å². The first-order valence-corrected chi connectivity index (χ1v) is 8.08. The van der Waals surface area contributed by atoms with E-state index in [1.165, 1.54) is 51.4 Å². The Labute approximate surface area is 115 Å². The predicted molar refractivity (Wildman–Crippen MR) is 80.9 cm³/mol. The summed E-state index contributed by atoms with van der Waals surface area (Å²) < 4.78 is 0. The van der Waals surface area contributed by atoms with Crippen molar-refractivity contribution in [2.24, 2.45) is 5.92 Å². The molecule has 0 radical (unpaired) electrons. The van der Waals surface area contributed by atoms with Gasteiger partial charge in [-0.1, -0.05) is 59.3 Å². The van der Waals surface area contributed by atoms with Gasteiger partial charge in [0.25, 0.3) is 0 Å². The Morgan fingerprint density at radius 1 is 0.889 bits per heavy atom. The molecule has 0 rings (SSSR count). The number of aliphatic hydroxyl groups is 1. The van der Waals surface area contributed by atoms with Crippen LogP contribution in [0.5, 0.6) is 0 Å². The lowest BCUT2D eigenvalue weighted by atomic mass is 10.0. The van der Waals surface area contributed by atoms with E-state index in [0.717, 1.165) is 13.0 Å². The minimum atomic E-state index is 0.319. The molecule has 0 aromatic heterocycles. The third kappa shape index (κ3) is 11.0. The summed E-state index contributed by atoms with van der Waals surface area (Å²) in [5.41, 5.74) is 0. The summed E-state index contributed by atoms with van der Waals surface area (Å²) in [6.07, 6.45) is 11.6. The molecule has 0 bridgehead atoms. The molecule has 0 saturated heterocycles. The fraction of sp³-hybridized carbons (Fsp3) is 1.00. The van der Waals surface area contributed by atoms with Crippen LogP contribution in [0.4, 0.5) is 0 Å². The molecule has 0 aromatic carbocycles. The second-order valence-corrected chi connectivity index (χ2v) is 5.71. The van der Waals surface area contributed by atoms with Crippen molar-refractivity contribution in [3.8, 4) is 0 Å². The van der Waals surface area contributed by atoms with E-state index < -0.39 is 0 Å². The summed E-state index contributed by atoms with van der Waals surface area (Å²) >= 11 is 0. The second-order valence-electron chi connectivity index (χ2n) is 5.71. The van der Waals surface area contributed by atoms with Crippen molar-refractivity contribution in [1.82, 2.24) is 5.32 Å². The summed E-state index contributed by atoms with van der Waals surface area (Å²) in [7, 11) is 0. The van der Waals surface area contributed by atoms with E-state index in [0.29, 0.717) is 18.6 Å². The number of hydrogen-bond acceptors (Lipinski definition) is 2. The summed E-state index contributed by atoms with van der Waals surface area (Å²) in [4.78, 5) is 0. The highest BCUT2D eigenvalue weighted by Crippen LogP contribution is 2.12. The van der Waals surface area contributed by atoms with Gasteiger partial charge in [-0.15, -0.1) is 0 Å². The van der Waals surface area contributed by atoms with Crippen LogP contribution in [-0.4, -0.2) is 24.3 Å². The molecule has 2 nitrogen and oxygen atoms in total. The average Bonchev–Trinajstić information content (AvgIpc) is 2.36. The van der Waals surface area contributed by atoms with Crippen molar-refractivity contribution in [2.75, 3.05) is 13.2 Å². The van der Waals surface area contributed by atoms with Crippen LogP contribution >= 0.6 is 0 Å². The Morgan fingerprint density at radius 3 is 1.89 bits per heavy atom. The van der Waals surface area contributed by atoms with Gasteiger partial charge in [0.15, 0.2) is 0 Å². The molecular weight excluding hydrogens is 222 g/mol. The highest BCUT2D eigenvalue weighted by atomic mass is 16.3. The SMILES string of the molecule is CCCCCC(CCCCC)NCC(C)CCO. The Hall–Kier alpha value is -0.0800. The smallest absolute Gasteiger partial charge is 0.0434 e. The third-order valence-corrected chi connectivity index (χ3v) is 3.69. The highest BCUT2D eigenvalue weighted by Gasteiger charge is 2.09. The summed E-state index contributed by atoms with van der Waals surface area (Å²) in [5, 5.41) is 12.6. The van der Waals surface area contributed by atoms with Gasteiger partial charge >= 0.3 is 0 Å². The monoisotopic (exact) mass is 257 g/mol. The lowest BCUT2D eigenvalue weighted by molar-refractivity contribution is 0.255. The van der Waals surface area contributed by atoms with Crippen molar-refractivity contribution >= 4 is 0 Å². The van der Waals surface area contributed by atoms with Crippen LogP contribution in [0.15, 0.2) is 0 Å². The van der Waals surface area contributed by atoms with E-state index in [1.54, 1.807) is 0 Å². The van der Waals surface area contributed by atoms with Crippen LogP contribution in [0.1, 0.15) is 78.6 Å². The minimum absolute atomic E-state index is 0.319. The molecule has 0 heterocycles. The maximum atomic E-state index is 8.92. The van der Waals surface area contributed by atoms with Gasteiger partial charge in [0, 0.05) is 12.6 Å². The molecule has 0 aliphatic carbocycles. The normalized spacial score (nSPS) is 13.2. The van der Waals surface area contributed by atoms with E-state index in [4.69, 9.17) is 5.11 Å². The van der Waals surface area contributed by atoms with E-state index in [9.17, 15) is 0 Å². The molecule has 1 unspecified atom stereocenters. The summed E-state index contributed by atoms with van der Waals surface area (Å²) in [5.74, 6) is 0.592. The number of hydrogen-bond donors (Lipinski definition) is 2. The predicted octanol–water partition coefficient (Wildman–Crippen LogP) is 4.12. The molecule has 0 aliphatic rings. The van der Waals surface area contributed by atoms with Gasteiger partial charge in [-0.3, -0.25) is 0 Å². The molecule has 0 aromatic rings. The first kappa shape index (κ1) is 17.9.